The standard InChI is InChI=1S/C21H31N3O3.HI/c1-6-22-20(23-13-19(26-5)17-10-8-7-9-11-17)24-14-21(4,25)18-12-15(2)27-16(18)3;/h7-12,19,25H,6,13-14H2,1-5H3,(H2,22,23,24);1H. The van der Waals surface area contributed by atoms with E-state index in [1.807, 2.05) is 57.2 Å². The monoisotopic (exact) mass is 501 g/mol. The third-order valence-electron chi connectivity index (χ3n) is 4.42. The summed E-state index contributed by atoms with van der Waals surface area (Å²) in [7, 11) is 1.69. The van der Waals surface area contributed by atoms with Gasteiger partial charge in [0.1, 0.15) is 17.1 Å². The highest BCUT2D eigenvalue weighted by atomic mass is 127. The molecule has 0 radical (unpaired) electrons. The van der Waals surface area contributed by atoms with E-state index in [0.29, 0.717) is 18.3 Å². The van der Waals surface area contributed by atoms with Gasteiger partial charge in [0.15, 0.2) is 5.96 Å². The molecular formula is C21H32IN3O3. The molecule has 0 spiro atoms. The molecule has 0 aliphatic heterocycles. The van der Waals surface area contributed by atoms with Crippen LogP contribution in [0.15, 0.2) is 45.8 Å². The molecule has 0 saturated heterocycles. The summed E-state index contributed by atoms with van der Waals surface area (Å²) >= 11 is 0. The van der Waals surface area contributed by atoms with Crippen molar-refractivity contribution in [2.24, 2.45) is 4.99 Å². The normalized spacial score (nSPS) is 14.7. The van der Waals surface area contributed by atoms with Crippen molar-refractivity contribution < 1.29 is 14.3 Å². The Hall–Kier alpha value is -1.58. The lowest BCUT2D eigenvalue weighted by Crippen LogP contribution is -2.41. The summed E-state index contributed by atoms with van der Waals surface area (Å²) in [5, 5.41) is 17.4. The lowest BCUT2D eigenvalue weighted by molar-refractivity contribution is 0.0656. The summed E-state index contributed by atoms with van der Waals surface area (Å²) < 4.78 is 11.1. The maximum Gasteiger partial charge on any atom is 0.191 e. The van der Waals surface area contributed by atoms with Gasteiger partial charge in [-0.05, 0) is 39.3 Å². The first kappa shape index (κ1) is 24.5. The zero-order chi connectivity index (χ0) is 19.9. The Balaban J connectivity index is 0.00000392. The SMILES string of the molecule is CCNC(=NCC(C)(O)c1cc(C)oc1C)NCC(OC)c1ccccc1.I. The summed E-state index contributed by atoms with van der Waals surface area (Å²) in [4.78, 5) is 4.56. The van der Waals surface area contributed by atoms with Gasteiger partial charge in [-0.2, -0.15) is 0 Å². The number of aliphatic imine (C=N–C) groups is 1. The molecule has 0 amide bonds. The molecule has 28 heavy (non-hydrogen) atoms. The minimum Gasteiger partial charge on any atom is -0.466 e. The van der Waals surface area contributed by atoms with E-state index < -0.39 is 5.60 Å². The van der Waals surface area contributed by atoms with Crippen LogP contribution < -0.4 is 10.6 Å². The summed E-state index contributed by atoms with van der Waals surface area (Å²) in [6.07, 6.45) is -0.0886. The number of nitrogens with one attached hydrogen (secondary N) is 2. The predicted molar refractivity (Wildman–Crippen MR) is 123 cm³/mol. The fourth-order valence-electron chi connectivity index (χ4n) is 3.02. The minimum absolute atomic E-state index is 0. The van der Waals surface area contributed by atoms with Gasteiger partial charge in [0, 0.05) is 25.8 Å². The molecule has 1 aromatic carbocycles. The summed E-state index contributed by atoms with van der Waals surface area (Å²) in [6.45, 7) is 8.98. The van der Waals surface area contributed by atoms with Crippen LogP contribution in [-0.4, -0.2) is 37.8 Å². The van der Waals surface area contributed by atoms with Crippen molar-refractivity contribution in [2.45, 2.75) is 39.4 Å². The van der Waals surface area contributed by atoms with E-state index in [0.717, 1.165) is 23.4 Å². The number of hydrogen-bond donors (Lipinski definition) is 3. The first-order valence-corrected chi connectivity index (χ1v) is 9.27. The Bertz CT molecular complexity index is 745. The topological polar surface area (TPSA) is 79.0 Å². The number of halogens is 1. The van der Waals surface area contributed by atoms with Crippen molar-refractivity contribution in [2.75, 3.05) is 26.7 Å². The van der Waals surface area contributed by atoms with E-state index in [2.05, 4.69) is 15.6 Å². The molecule has 0 bridgehead atoms. The van der Waals surface area contributed by atoms with Gasteiger partial charge in [-0.3, -0.25) is 0 Å². The van der Waals surface area contributed by atoms with E-state index in [1.54, 1.807) is 14.0 Å². The van der Waals surface area contributed by atoms with Gasteiger partial charge in [-0.1, -0.05) is 30.3 Å². The van der Waals surface area contributed by atoms with Crippen LogP contribution in [0, 0.1) is 13.8 Å². The van der Waals surface area contributed by atoms with Gasteiger partial charge in [-0.25, -0.2) is 4.99 Å². The van der Waals surface area contributed by atoms with Crippen LogP contribution in [0.4, 0.5) is 0 Å². The predicted octanol–water partition coefficient (Wildman–Crippen LogP) is 3.66. The molecule has 2 atom stereocenters. The number of benzene rings is 1. The Morgan fingerprint density at radius 2 is 1.93 bits per heavy atom. The number of rotatable bonds is 8. The van der Waals surface area contributed by atoms with Gasteiger partial charge in [-0.15, -0.1) is 24.0 Å². The maximum atomic E-state index is 10.9. The Labute approximate surface area is 184 Å². The van der Waals surface area contributed by atoms with E-state index >= 15 is 0 Å². The zero-order valence-corrected chi connectivity index (χ0v) is 19.6. The summed E-state index contributed by atoms with van der Waals surface area (Å²) in [6, 6.07) is 11.9. The number of nitrogens with zero attached hydrogens (tertiary/aromatic N) is 1. The van der Waals surface area contributed by atoms with Gasteiger partial charge in [0.25, 0.3) is 0 Å². The largest absolute Gasteiger partial charge is 0.466 e. The Morgan fingerprint density at radius 1 is 1.25 bits per heavy atom. The van der Waals surface area contributed by atoms with Gasteiger partial charge in [0.2, 0.25) is 0 Å². The number of methoxy groups -OCH3 is 1. The number of aryl methyl sites for hydroxylation is 2. The highest BCUT2D eigenvalue weighted by molar-refractivity contribution is 14.0. The molecule has 2 aromatic rings. The maximum absolute atomic E-state index is 10.9. The van der Waals surface area contributed by atoms with E-state index in [4.69, 9.17) is 9.15 Å². The molecule has 0 saturated carbocycles. The highest BCUT2D eigenvalue weighted by Gasteiger charge is 2.27. The highest BCUT2D eigenvalue weighted by Crippen LogP contribution is 2.27. The Kier molecular flexibility index (Phi) is 9.98. The number of hydrogen-bond acceptors (Lipinski definition) is 4. The molecule has 156 valence electrons. The summed E-state index contributed by atoms with van der Waals surface area (Å²) in [5.74, 6) is 2.13. The van der Waals surface area contributed by atoms with Crippen LogP contribution in [0.3, 0.4) is 0 Å². The van der Waals surface area contributed by atoms with Crippen molar-refractivity contribution in [3.63, 3.8) is 0 Å². The van der Waals surface area contributed by atoms with Crippen molar-refractivity contribution in [3.8, 4) is 0 Å². The number of aliphatic hydroxyl groups is 1. The molecule has 6 nitrogen and oxygen atoms in total. The molecule has 7 heteroatoms. The smallest absolute Gasteiger partial charge is 0.191 e. The van der Waals surface area contributed by atoms with E-state index in [-0.39, 0.29) is 36.6 Å². The second kappa shape index (κ2) is 11.4. The van der Waals surface area contributed by atoms with Gasteiger partial charge in [0.05, 0.1) is 12.6 Å². The first-order chi connectivity index (χ1) is 12.9. The van der Waals surface area contributed by atoms with Crippen LogP contribution in [0.2, 0.25) is 0 Å². The second-order valence-electron chi connectivity index (χ2n) is 6.81. The van der Waals surface area contributed by atoms with Crippen LogP contribution in [0.5, 0.6) is 0 Å². The third kappa shape index (κ3) is 6.79. The lowest BCUT2D eigenvalue weighted by atomic mass is 9.96. The quantitative estimate of drug-likeness (QED) is 0.292. The number of furan rings is 1. The molecule has 1 heterocycles. The Morgan fingerprint density at radius 3 is 2.46 bits per heavy atom. The van der Waals surface area contributed by atoms with E-state index in [1.165, 1.54) is 0 Å². The lowest BCUT2D eigenvalue weighted by Gasteiger charge is -2.22. The third-order valence-corrected chi connectivity index (χ3v) is 4.42. The van der Waals surface area contributed by atoms with Gasteiger partial charge >= 0.3 is 0 Å². The average molecular weight is 501 g/mol. The molecule has 0 aliphatic rings. The van der Waals surface area contributed by atoms with Crippen LogP contribution >= 0.6 is 24.0 Å². The minimum atomic E-state index is -1.11. The molecule has 2 rings (SSSR count). The zero-order valence-electron chi connectivity index (χ0n) is 17.3. The fourth-order valence-corrected chi connectivity index (χ4v) is 3.02. The van der Waals surface area contributed by atoms with Gasteiger partial charge < -0.3 is 24.9 Å². The van der Waals surface area contributed by atoms with Crippen molar-refractivity contribution >= 4 is 29.9 Å². The van der Waals surface area contributed by atoms with Crippen LogP contribution in [0.1, 0.15) is 42.6 Å². The molecule has 0 fully saturated rings. The molecule has 0 aliphatic carbocycles. The molecule has 2 unspecified atom stereocenters. The molecular weight excluding hydrogens is 469 g/mol. The second-order valence-corrected chi connectivity index (χ2v) is 6.81. The van der Waals surface area contributed by atoms with Crippen LogP contribution in [-0.2, 0) is 10.3 Å². The number of ether oxygens (including phenoxy) is 1. The average Bonchev–Trinajstić information content (AvgIpc) is 3.00. The fraction of sp³-hybridized carbons (Fsp3) is 0.476. The van der Waals surface area contributed by atoms with Crippen molar-refractivity contribution in [1.82, 2.24) is 10.6 Å². The summed E-state index contributed by atoms with van der Waals surface area (Å²) in [5.41, 5.74) is 0.753. The van der Waals surface area contributed by atoms with Crippen molar-refractivity contribution in [1.29, 1.82) is 0 Å². The van der Waals surface area contributed by atoms with Crippen LogP contribution in [0.25, 0.3) is 0 Å². The van der Waals surface area contributed by atoms with E-state index in [9.17, 15) is 5.11 Å². The molecule has 3 N–H and O–H groups in total. The molecule has 1 aromatic heterocycles. The van der Waals surface area contributed by atoms with Crippen molar-refractivity contribution in [3.05, 3.63) is 59.0 Å². The first-order valence-electron chi connectivity index (χ1n) is 9.27. The number of guanidine groups is 1.